The lowest BCUT2D eigenvalue weighted by Gasteiger charge is -2.31. The van der Waals surface area contributed by atoms with Gasteiger partial charge in [0.05, 0.1) is 19.6 Å². The predicted octanol–water partition coefficient (Wildman–Crippen LogP) is 3.69. The van der Waals surface area contributed by atoms with Gasteiger partial charge in [-0.3, -0.25) is 19.3 Å². The van der Waals surface area contributed by atoms with Gasteiger partial charge in [0, 0.05) is 38.0 Å². The highest BCUT2D eigenvalue weighted by Crippen LogP contribution is 2.46. The summed E-state index contributed by atoms with van der Waals surface area (Å²) < 4.78 is 10.9. The molecule has 0 aromatic heterocycles. The van der Waals surface area contributed by atoms with Crippen LogP contribution in [0.3, 0.4) is 0 Å². The maximum atomic E-state index is 14.0. The van der Waals surface area contributed by atoms with E-state index in [0.29, 0.717) is 23.6 Å². The highest BCUT2D eigenvalue weighted by Gasteiger charge is 2.56. The third-order valence-corrected chi connectivity index (χ3v) is 7.09. The summed E-state index contributed by atoms with van der Waals surface area (Å²) in [7, 11) is 4.86. The second-order valence-corrected chi connectivity index (χ2v) is 9.24. The smallest absolute Gasteiger partial charge is 0.241 e. The van der Waals surface area contributed by atoms with Gasteiger partial charge in [-0.25, -0.2) is 0 Å². The van der Waals surface area contributed by atoms with E-state index in [-0.39, 0.29) is 36.6 Å². The minimum atomic E-state index is -1.27. The number of nitrogens with zero attached hydrogens (tertiary/aromatic N) is 2. The van der Waals surface area contributed by atoms with E-state index < -0.39 is 5.41 Å². The summed E-state index contributed by atoms with van der Waals surface area (Å²) in [6.07, 6.45) is 3.53. The summed E-state index contributed by atoms with van der Waals surface area (Å²) >= 11 is 0. The summed E-state index contributed by atoms with van der Waals surface area (Å²) in [5, 5.41) is 0. The van der Waals surface area contributed by atoms with Crippen LogP contribution in [0.2, 0.25) is 0 Å². The second kappa shape index (κ2) is 9.87. The van der Waals surface area contributed by atoms with Crippen LogP contribution in [0.5, 0.6) is 11.5 Å². The molecule has 0 spiro atoms. The maximum Gasteiger partial charge on any atom is 0.241 e. The molecular formula is C27H32N2O5. The topological polar surface area (TPSA) is 76.2 Å². The molecule has 7 heteroatoms. The Balaban J connectivity index is 1.66. The van der Waals surface area contributed by atoms with Crippen LogP contribution in [0.25, 0.3) is 0 Å². The van der Waals surface area contributed by atoms with Crippen LogP contribution in [0.1, 0.15) is 49.7 Å². The monoisotopic (exact) mass is 464 g/mol. The van der Waals surface area contributed by atoms with Crippen molar-refractivity contribution in [2.45, 2.75) is 56.5 Å². The molecule has 0 N–H and O–H groups in total. The lowest BCUT2D eigenvalue weighted by molar-refractivity contribution is -0.144. The van der Waals surface area contributed by atoms with Crippen molar-refractivity contribution in [3.63, 3.8) is 0 Å². The summed E-state index contributed by atoms with van der Waals surface area (Å²) in [5.41, 5.74) is 0.244. The average molecular weight is 465 g/mol. The average Bonchev–Trinajstić information content (AvgIpc) is 3.45. The Morgan fingerprint density at radius 1 is 1.06 bits per heavy atom. The van der Waals surface area contributed by atoms with Crippen molar-refractivity contribution in [1.29, 1.82) is 0 Å². The number of hydrogen-bond acceptors (Lipinski definition) is 5. The molecule has 1 aliphatic heterocycles. The molecule has 0 radical (unpaired) electrons. The van der Waals surface area contributed by atoms with E-state index in [2.05, 4.69) is 0 Å². The zero-order valence-corrected chi connectivity index (χ0v) is 20.1. The van der Waals surface area contributed by atoms with Crippen LogP contribution in [0, 0.1) is 0 Å². The number of rotatable bonds is 8. The van der Waals surface area contributed by atoms with E-state index in [1.54, 1.807) is 38.3 Å². The Bertz CT molecular complexity index is 1080. The number of benzene rings is 2. The van der Waals surface area contributed by atoms with Crippen LogP contribution in [0.15, 0.2) is 48.5 Å². The van der Waals surface area contributed by atoms with Gasteiger partial charge in [0.1, 0.15) is 11.5 Å². The van der Waals surface area contributed by atoms with Gasteiger partial charge in [-0.1, -0.05) is 43.2 Å². The van der Waals surface area contributed by atoms with E-state index in [1.165, 1.54) is 4.90 Å². The molecule has 1 saturated carbocycles. The van der Waals surface area contributed by atoms with Crippen LogP contribution >= 0.6 is 0 Å². The third-order valence-electron chi connectivity index (χ3n) is 7.09. The van der Waals surface area contributed by atoms with Gasteiger partial charge in [0.2, 0.25) is 17.7 Å². The van der Waals surface area contributed by atoms with Crippen molar-refractivity contribution in [3.05, 3.63) is 59.7 Å². The molecule has 2 aromatic carbocycles. The van der Waals surface area contributed by atoms with Crippen molar-refractivity contribution in [3.8, 4) is 11.5 Å². The molecule has 1 heterocycles. The SMILES string of the molecule is COc1cccc(CN(C)C(=O)CC2(c3ccccc3OC)CC(=O)N(C3CCCC3)C2=O)c1. The van der Waals surface area contributed by atoms with E-state index >= 15 is 0 Å². The number of likely N-dealkylation sites (tertiary alicyclic amines) is 1. The summed E-state index contributed by atoms with van der Waals surface area (Å²) in [6, 6.07) is 14.7. The molecule has 0 bridgehead atoms. The van der Waals surface area contributed by atoms with Crippen molar-refractivity contribution in [2.24, 2.45) is 0 Å². The van der Waals surface area contributed by atoms with Crippen molar-refractivity contribution >= 4 is 17.7 Å². The van der Waals surface area contributed by atoms with Crippen molar-refractivity contribution in [1.82, 2.24) is 9.80 Å². The predicted molar refractivity (Wildman–Crippen MR) is 127 cm³/mol. The first-order valence-electron chi connectivity index (χ1n) is 11.8. The first kappa shape index (κ1) is 23.8. The number of carbonyl (C=O) groups excluding carboxylic acids is 3. The molecule has 1 aliphatic carbocycles. The molecule has 3 amide bonds. The number of amides is 3. The van der Waals surface area contributed by atoms with E-state index in [1.807, 2.05) is 36.4 Å². The normalized spacial score (nSPS) is 20.6. The summed E-state index contributed by atoms with van der Waals surface area (Å²) in [5.74, 6) is 0.541. The van der Waals surface area contributed by atoms with Gasteiger partial charge in [-0.15, -0.1) is 0 Å². The second-order valence-electron chi connectivity index (χ2n) is 9.24. The molecule has 1 unspecified atom stereocenters. The zero-order valence-electron chi connectivity index (χ0n) is 20.1. The van der Waals surface area contributed by atoms with Gasteiger partial charge in [0.25, 0.3) is 0 Å². The first-order valence-corrected chi connectivity index (χ1v) is 11.8. The van der Waals surface area contributed by atoms with Crippen LogP contribution in [-0.2, 0) is 26.3 Å². The number of methoxy groups -OCH3 is 2. The Morgan fingerprint density at radius 2 is 1.79 bits per heavy atom. The fourth-order valence-electron chi connectivity index (χ4n) is 5.30. The van der Waals surface area contributed by atoms with Gasteiger partial charge < -0.3 is 14.4 Å². The Kier molecular flexibility index (Phi) is 6.91. The number of para-hydroxylation sites is 1. The van der Waals surface area contributed by atoms with E-state index in [0.717, 1.165) is 31.2 Å². The Labute approximate surface area is 200 Å². The molecule has 1 saturated heterocycles. The largest absolute Gasteiger partial charge is 0.497 e. The molecule has 2 fully saturated rings. The molecule has 180 valence electrons. The van der Waals surface area contributed by atoms with Crippen molar-refractivity contribution in [2.75, 3.05) is 21.3 Å². The highest BCUT2D eigenvalue weighted by atomic mass is 16.5. The minimum absolute atomic E-state index is 0.0263. The molecule has 2 aliphatic rings. The lowest BCUT2D eigenvalue weighted by atomic mass is 9.75. The van der Waals surface area contributed by atoms with Crippen LogP contribution in [0.4, 0.5) is 0 Å². The van der Waals surface area contributed by atoms with Gasteiger partial charge in [-0.05, 0) is 36.6 Å². The molecular weight excluding hydrogens is 432 g/mol. The zero-order chi connectivity index (χ0) is 24.3. The highest BCUT2D eigenvalue weighted by molar-refractivity contribution is 6.11. The van der Waals surface area contributed by atoms with Gasteiger partial charge in [0.15, 0.2) is 0 Å². The standard InChI is InChI=1S/C27H32N2O5/c1-28(18-19-9-8-12-21(15-19)33-2)24(30)16-27(22-13-6-7-14-23(22)34-3)17-25(31)29(26(27)32)20-10-4-5-11-20/h6-9,12-15,20H,4-5,10-11,16-18H2,1-3H3. The molecule has 34 heavy (non-hydrogen) atoms. The Hall–Kier alpha value is -3.35. The van der Waals surface area contributed by atoms with Crippen LogP contribution < -0.4 is 9.47 Å². The van der Waals surface area contributed by atoms with Gasteiger partial charge in [-0.2, -0.15) is 0 Å². The Morgan fingerprint density at radius 3 is 2.50 bits per heavy atom. The molecule has 1 atom stereocenters. The lowest BCUT2D eigenvalue weighted by Crippen LogP contribution is -2.45. The summed E-state index contributed by atoms with van der Waals surface area (Å²) in [4.78, 5) is 43.7. The fraction of sp³-hybridized carbons (Fsp3) is 0.444. The van der Waals surface area contributed by atoms with Gasteiger partial charge >= 0.3 is 0 Å². The first-order chi connectivity index (χ1) is 16.4. The van der Waals surface area contributed by atoms with Crippen molar-refractivity contribution < 1.29 is 23.9 Å². The molecule has 2 aromatic rings. The quantitative estimate of drug-likeness (QED) is 0.557. The van der Waals surface area contributed by atoms with E-state index in [4.69, 9.17) is 9.47 Å². The number of carbonyl (C=O) groups is 3. The maximum absolute atomic E-state index is 14.0. The minimum Gasteiger partial charge on any atom is -0.497 e. The number of hydrogen-bond donors (Lipinski definition) is 0. The number of imide groups is 1. The number of ether oxygens (including phenoxy) is 2. The van der Waals surface area contributed by atoms with E-state index in [9.17, 15) is 14.4 Å². The van der Waals surface area contributed by atoms with Crippen LogP contribution in [-0.4, -0.2) is 54.8 Å². The molecule has 4 rings (SSSR count). The summed E-state index contributed by atoms with van der Waals surface area (Å²) in [6.45, 7) is 0.368. The molecule has 7 nitrogen and oxygen atoms in total. The third kappa shape index (κ3) is 4.39. The fourth-order valence-corrected chi connectivity index (χ4v) is 5.30.